The van der Waals surface area contributed by atoms with Crippen molar-refractivity contribution < 1.29 is 0 Å². The summed E-state index contributed by atoms with van der Waals surface area (Å²) in [6.07, 6.45) is 0. The summed E-state index contributed by atoms with van der Waals surface area (Å²) in [5.41, 5.74) is 5.58. The zero-order valence-electron chi connectivity index (χ0n) is 8.83. The van der Waals surface area contributed by atoms with Crippen LogP contribution in [0.2, 0.25) is 0 Å². The Kier molecular flexibility index (Phi) is 5.67. The van der Waals surface area contributed by atoms with E-state index in [0.29, 0.717) is 12.5 Å². The lowest BCUT2D eigenvalue weighted by molar-refractivity contribution is 0.600. The van der Waals surface area contributed by atoms with Gasteiger partial charge in [-0.2, -0.15) is 0 Å². The van der Waals surface area contributed by atoms with Crippen molar-refractivity contribution in [1.82, 2.24) is 10.2 Å². The molecule has 0 aliphatic rings. The zero-order valence-corrected chi connectivity index (χ0v) is 8.83. The van der Waals surface area contributed by atoms with Crippen LogP contribution in [0.5, 0.6) is 0 Å². The summed E-state index contributed by atoms with van der Waals surface area (Å²) in [5.74, 6) is 1.14. The van der Waals surface area contributed by atoms with Crippen molar-refractivity contribution in [3.8, 4) is 0 Å². The molecule has 0 aliphatic carbocycles. The lowest BCUT2D eigenvalue weighted by atomic mass is 10.7. The van der Waals surface area contributed by atoms with Crippen molar-refractivity contribution in [2.75, 3.05) is 27.2 Å². The highest BCUT2D eigenvalue weighted by Crippen LogP contribution is 1.80. The highest BCUT2D eigenvalue weighted by molar-refractivity contribution is 5.97. The minimum Gasteiger partial charge on any atom is -0.370 e. The van der Waals surface area contributed by atoms with E-state index in [4.69, 9.17) is 5.73 Å². The van der Waals surface area contributed by atoms with Gasteiger partial charge in [0.2, 0.25) is 0 Å². The van der Waals surface area contributed by atoms with Gasteiger partial charge < -0.3 is 10.6 Å². The summed E-state index contributed by atoms with van der Waals surface area (Å²) in [6, 6.07) is 0. The maximum atomic E-state index is 5.58. The minimum atomic E-state index is 0.406. The smallest absolute Gasteiger partial charge is 0.200 e. The Hall–Kier alpha value is -1.26. The van der Waals surface area contributed by atoms with Crippen molar-refractivity contribution in [1.29, 1.82) is 0 Å². The molecule has 0 aromatic heterocycles. The van der Waals surface area contributed by atoms with Gasteiger partial charge in [-0.15, -0.1) is 0 Å². The fourth-order valence-corrected chi connectivity index (χ4v) is 0.767. The second-order valence-corrected chi connectivity index (χ2v) is 2.68. The molecule has 0 amide bonds. The van der Waals surface area contributed by atoms with Crippen LogP contribution in [0.15, 0.2) is 9.98 Å². The van der Waals surface area contributed by atoms with Crippen molar-refractivity contribution >= 4 is 11.9 Å². The van der Waals surface area contributed by atoms with E-state index in [1.807, 2.05) is 32.8 Å². The summed E-state index contributed by atoms with van der Waals surface area (Å²) in [6.45, 7) is 5.30. The topological polar surface area (TPSA) is 66.0 Å². The molecule has 0 aliphatic heterocycles. The first kappa shape index (κ1) is 11.7. The first-order valence-corrected chi connectivity index (χ1v) is 4.40. The van der Waals surface area contributed by atoms with Gasteiger partial charge in [0.15, 0.2) is 11.9 Å². The number of aliphatic imine (C=N–C) groups is 2. The standard InChI is InChI=1S/C8H19N5/c1-5-10-7(9)12-8(11-6-2)13(3)4/h5-6H2,1-4H3,(H3,9,10,11,12). The van der Waals surface area contributed by atoms with Crippen LogP contribution in [-0.2, 0) is 0 Å². The van der Waals surface area contributed by atoms with E-state index in [2.05, 4.69) is 15.3 Å². The number of guanidine groups is 2. The average Bonchev–Trinajstić information content (AvgIpc) is 2.04. The van der Waals surface area contributed by atoms with E-state index in [-0.39, 0.29) is 0 Å². The van der Waals surface area contributed by atoms with Crippen LogP contribution in [0.3, 0.4) is 0 Å². The first-order chi connectivity index (χ1) is 6.11. The largest absolute Gasteiger partial charge is 0.370 e. The van der Waals surface area contributed by atoms with Crippen molar-refractivity contribution in [3.63, 3.8) is 0 Å². The Morgan fingerprint density at radius 1 is 1.23 bits per heavy atom. The van der Waals surface area contributed by atoms with E-state index in [9.17, 15) is 0 Å². The fourth-order valence-electron chi connectivity index (χ4n) is 0.767. The van der Waals surface area contributed by atoms with Gasteiger partial charge in [0, 0.05) is 27.2 Å². The molecule has 0 aromatic rings. The Morgan fingerprint density at radius 2 is 1.77 bits per heavy atom. The van der Waals surface area contributed by atoms with Gasteiger partial charge in [-0.05, 0) is 13.8 Å². The lowest BCUT2D eigenvalue weighted by Crippen LogP contribution is -2.44. The number of nitrogens with two attached hydrogens (primary N) is 1. The molecule has 0 spiro atoms. The number of hydrogen-bond donors (Lipinski definition) is 2. The SMILES string of the molecule is CCN=C(N)NC(=NCC)N(C)C. The summed E-state index contributed by atoms with van der Waals surface area (Å²) in [4.78, 5) is 10.1. The van der Waals surface area contributed by atoms with Gasteiger partial charge in [-0.3, -0.25) is 15.3 Å². The third-order valence-electron chi connectivity index (χ3n) is 1.30. The molecule has 0 heterocycles. The molecule has 0 rings (SSSR count). The predicted octanol–water partition coefficient (Wildman–Crippen LogP) is -0.152. The molecule has 0 unspecified atom stereocenters. The fraction of sp³-hybridized carbons (Fsp3) is 0.750. The van der Waals surface area contributed by atoms with Crippen LogP contribution >= 0.6 is 0 Å². The Balaban J connectivity index is 4.27. The molecule has 0 saturated carbocycles. The van der Waals surface area contributed by atoms with Crippen LogP contribution in [0.1, 0.15) is 13.8 Å². The third-order valence-corrected chi connectivity index (χ3v) is 1.30. The van der Waals surface area contributed by atoms with E-state index in [1.54, 1.807) is 0 Å². The van der Waals surface area contributed by atoms with Crippen molar-refractivity contribution in [3.05, 3.63) is 0 Å². The second kappa shape index (κ2) is 6.28. The van der Waals surface area contributed by atoms with Gasteiger partial charge in [0.1, 0.15) is 0 Å². The molecule has 13 heavy (non-hydrogen) atoms. The first-order valence-electron chi connectivity index (χ1n) is 4.40. The summed E-state index contributed by atoms with van der Waals surface area (Å²) >= 11 is 0. The third kappa shape index (κ3) is 5.05. The minimum absolute atomic E-state index is 0.406. The monoisotopic (exact) mass is 185 g/mol. The van der Waals surface area contributed by atoms with Crippen LogP contribution in [0.4, 0.5) is 0 Å². The molecule has 5 nitrogen and oxygen atoms in total. The van der Waals surface area contributed by atoms with E-state index >= 15 is 0 Å². The maximum absolute atomic E-state index is 5.58. The van der Waals surface area contributed by atoms with Gasteiger partial charge >= 0.3 is 0 Å². The molecular formula is C8H19N5. The summed E-state index contributed by atoms with van der Waals surface area (Å²) in [5, 5.41) is 2.92. The van der Waals surface area contributed by atoms with Gasteiger partial charge in [-0.25, -0.2) is 0 Å². The van der Waals surface area contributed by atoms with Gasteiger partial charge in [0.25, 0.3) is 0 Å². The van der Waals surface area contributed by atoms with Gasteiger partial charge in [0.05, 0.1) is 0 Å². The molecule has 76 valence electrons. The molecule has 0 saturated heterocycles. The Bertz CT molecular complexity index is 195. The molecule has 5 heteroatoms. The molecule has 0 atom stereocenters. The lowest BCUT2D eigenvalue weighted by Gasteiger charge is -2.16. The number of rotatable bonds is 2. The second-order valence-electron chi connectivity index (χ2n) is 2.68. The van der Waals surface area contributed by atoms with E-state index in [0.717, 1.165) is 12.5 Å². The normalized spacial score (nSPS) is 12.9. The Morgan fingerprint density at radius 3 is 2.15 bits per heavy atom. The average molecular weight is 185 g/mol. The maximum Gasteiger partial charge on any atom is 0.200 e. The van der Waals surface area contributed by atoms with Crippen LogP contribution in [0, 0.1) is 0 Å². The molecule has 0 fully saturated rings. The molecule has 3 N–H and O–H groups in total. The van der Waals surface area contributed by atoms with Crippen LogP contribution < -0.4 is 11.1 Å². The molecule has 0 aromatic carbocycles. The summed E-state index contributed by atoms with van der Waals surface area (Å²) in [7, 11) is 3.81. The molecule has 0 bridgehead atoms. The van der Waals surface area contributed by atoms with Gasteiger partial charge in [-0.1, -0.05) is 0 Å². The van der Waals surface area contributed by atoms with Crippen LogP contribution in [-0.4, -0.2) is 44.0 Å². The predicted molar refractivity (Wildman–Crippen MR) is 57.0 cm³/mol. The van der Waals surface area contributed by atoms with E-state index in [1.165, 1.54) is 0 Å². The summed E-state index contributed by atoms with van der Waals surface area (Å²) < 4.78 is 0. The zero-order chi connectivity index (χ0) is 10.3. The molecular weight excluding hydrogens is 166 g/mol. The van der Waals surface area contributed by atoms with E-state index < -0.39 is 0 Å². The van der Waals surface area contributed by atoms with Crippen molar-refractivity contribution in [2.24, 2.45) is 15.7 Å². The van der Waals surface area contributed by atoms with Crippen LogP contribution in [0.25, 0.3) is 0 Å². The number of hydrogen-bond acceptors (Lipinski definition) is 2. The number of nitrogens with zero attached hydrogens (tertiary/aromatic N) is 3. The van der Waals surface area contributed by atoms with Crippen molar-refractivity contribution in [2.45, 2.75) is 13.8 Å². The quantitative estimate of drug-likeness (QED) is 0.464. The highest BCUT2D eigenvalue weighted by atomic mass is 15.3. The highest BCUT2D eigenvalue weighted by Gasteiger charge is 2.01. The Labute approximate surface area is 79.7 Å². The number of nitrogens with one attached hydrogen (secondary N) is 1. The molecule has 0 radical (unpaired) electrons.